The quantitative estimate of drug-likeness (QED) is 0.696. The van der Waals surface area contributed by atoms with Gasteiger partial charge in [-0.1, -0.05) is 19.1 Å². The summed E-state index contributed by atoms with van der Waals surface area (Å²) < 4.78 is 16.1. The molecule has 2 N–H and O–H groups in total. The van der Waals surface area contributed by atoms with Crippen LogP contribution in [-0.4, -0.2) is 74.7 Å². The highest BCUT2D eigenvalue weighted by Crippen LogP contribution is 2.42. The smallest absolute Gasteiger partial charge is 0.290 e. The molecule has 4 rings (SSSR count). The maximum Gasteiger partial charge on any atom is 0.290 e. The second-order valence-electron chi connectivity index (χ2n) is 8.08. The maximum atomic E-state index is 13.7. The van der Waals surface area contributed by atoms with Gasteiger partial charge in [0.1, 0.15) is 11.6 Å². The summed E-state index contributed by atoms with van der Waals surface area (Å²) in [6.07, 6.45) is 4.16. The lowest BCUT2D eigenvalue weighted by molar-refractivity contribution is -0.123. The molecule has 0 unspecified atom stereocenters. The van der Waals surface area contributed by atoms with Crippen LogP contribution >= 0.6 is 0 Å². The van der Waals surface area contributed by atoms with Gasteiger partial charge in [0, 0.05) is 37.8 Å². The predicted molar refractivity (Wildman–Crippen MR) is 120 cm³/mol. The van der Waals surface area contributed by atoms with Gasteiger partial charge in [-0.15, -0.1) is 0 Å². The molecule has 0 bridgehead atoms. The van der Waals surface area contributed by atoms with Crippen LogP contribution in [0.15, 0.2) is 30.5 Å². The molecule has 0 radical (unpaired) electrons. The number of nitrogens with zero attached hydrogens (tertiary/aromatic N) is 4. The number of carboxylic acid groups (broad SMARTS) is 2. The molecule has 2 aliphatic rings. The van der Waals surface area contributed by atoms with Crippen molar-refractivity contribution in [2.75, 3.05) is 26.2 Å². The molecule has 1 aromatic heterocycles. The molecule has 2 aliphatic heterocycles. The van der Waals surface area contributed by atoms with Crippen molar-refractivity contribution in [1.82, 2.24) is 19.4 Å². The van der Waals surface area contributed by atoms with Gasteiger partial charge in [0.2, 0.25) is 0 Å². The van der Waals surface area contributed by atoms with Crippen LogP contribution < -0.4 is 0 Å². The molecule has 1 spiro atoms. The highest BCUT2D eigenvalue weighted by atomic mass is 19.1. The van der Waals surface area contributed by atoms with Crippen LogP contribution in [0.2, 0.25) is 0 Å². The predicted octanol–water partition coefficient (Wildman–Crippen LogP) is 3.13. The summed E-state index contributed by atoms with van der Waals surface area (Å²) in [5, 5.41) is 13.8. The zero-order valence-corrected chi connectivity index (χ0v) is 18.9. The van der Waals surface area contributed by atoms with E-state index in [0.717, 1.165) is 56.8 Å². The van der Waals surface area contributed by atoms with Crippen LogP contribution in [0.5, 0.6) is 0 Å². The number of piperidine rings is 1. The first-order valence-electron chi connectivity index (χ1n) is 10.8. The fourth-order valence-corrected chi connectivity index (χ4v) is 4.84. The third-order valence-electron chi connectivity index (χ3n) is 6.33. The molecule has 2 aromatic rings. The Bertz CT molecular complexity index is 873. The van der Waals surface area contributed by atoms with Crippen molar-refractivity contribution in [1.29, 1.82) is 0 Å². The minimum absolute atomic E-state index is 0.0178. The maximum absolute atomic E-state index is 13.7. The van der Waals surface area contributed by atoms with E-state index < -0.39 is 0 Å². The van der Waals surface area contributed by atoms with Gasteiger partial charge in [0.15, 0.2) is 0 Å². The third-order valence-corrected chi connectivity index (χ3v) is 6.33. The average Bonchev–Trinajstić information content (AvgIpc) is 3.21. The number of likely N-dealkylation sites (tertiary alicyclic amines) is 1. The van der Waals surface area contributed by atoms with Gasteiger partial charge in [-0.25, -0.2) is 9.37 Å². The van der Waals surface area contributed by atoms with E-state index in [1.165, 1.54) is 11.9 Å². The zero-order chi connectivity index (χ0) is 23.7. The van der Waals surface area contributed by atoms with Crippen LogP contribution in [0.3, 0.4) is 0 Å². The van der Waals surface area contributed by atoms with E-state index in [4.69, 9.17) is 24.8 Å². The fraction of sp³-hybridized carbons (Fsp3) is 0.522. The lowest BCUT2D eigenvalue weighted by Crippen LogP contribution is -2.58. The molecular weight excluding hydrogens is 415 g/mol. The van der Waals surface area contributed by atoms with Crippen molar-refractivity contribution < 1.29 is 24.2 Å². The first kappa shape index (κ1) is 25.5. The van der Waals surface area contributed by atoms with E-state index >= 15 is 0 Å². The van der Waals surface area contributed by atoms with Gasteiger partial charge in [-0.05, 0) is 45.4 Å². The number of hydrogen-bond donors (Lipinski definition) is 2. The van der Waals surface area contributed by atoms with Crippen molar-refractivity contribution in [3.8, 4) is 11.3 Å². The minimum Gasteiger partial charge on any atom is -0.483 e. The lowest BCUT2D eigenvalue weighted by atomic mass is 9.82. The molecule has 9 heteroatoms. The SMILES string of the molecule is CCN1CCn2c(-c3cccc(F)c3)cnc2C12CCN(C(C)C)CC2.O=CO.O=CO. The van der Waals surface area contributed by atoms with Gasteiger partial charge in [0.05, 0.1) is 17.4 Å². The number of carbonyl (C=O) groups is 2. The molecule has 0 amide bonds. The summed E-state index contributed by atoms with van der Waals surface area (Å²) in [5.74, 6) is 0.984. The van der Waals surface area contributed by atoms with Crippen LogP contribution in [0.1, 0.15) is 39.4 Å². The second-order valence-corrected chi connectivity index (χ2v) is 8.08. The number of aromatic nitrogens is 2. The van der Waals surface area contributed by atoms with Gasteiger partial charge in [-0.3, -0.25) is 14.5 Å². The Morgan fingerprint density at radius 3 is 2.28 bits per heavy atom. The van der Waals surface area contributed by atoms with Crippen molar-refractivity contribution in [3.05, 3.63) is 42.1 Å². The standard InChI is InChI=1S/C21H29FN4.2CH2O2/c1-4-25-12-13-26-19(17-6-5-7-18(22)14-17)15-23-20(26)21(25)8-10-24(11-9-21)16(2)3;2*2-1-3/h5-7,14-16H,4,8-13H2,1-3H3;2*1H,(H,2,3). The van der Waals surface area contributed by atoms with Crippen LogP contribution in [0, 0.1) is 5.82 Å². The summed E-state index contributed by atoms with van der Waals surface area (Å²) in [5.41, 5.74) is 1.98. The largest absolute Gasteiger partial charge is 0.483 e. The Morgan fingerprint density at radius 2 is 1.75 bits per heavy atom. The average molecular weight is 449 g/mol. The van der Waals surface area contributed by atoms with Crippen LogP contribution in [-0.2, 0) is 21.7 Å². The molecular formula is C23H33FN4O4. The van der Waals surface area contributed by atoms with Crippen molar-refractivity contribution in [2.24, 2.45) is 0 Å². The van der Waals surface area contributed by atoms with Gasteiger partial charge >= 0.3 is 0 Å². The Kier molecular flexibility index (Phi) is 9.34. The number of imidazole rings is 1. The summed E-state index contributed by atoms with van der Waals surface area (Å²) in [7, 11) is 0. The van der Waals surface area contributed by atoms with E-state index in [0.29, 0.717) is 6.04 Å². The zero-order valence-electron chi connectivity index (χ0n) is 18.9. The van der Waals surface area contributed by atoms with E-state index in [2.05, 4.69) is 35.1 Å². The molecule has 1 aromatic carbocycles. The van der Waals surface area contributed by atoms with Crippen molar-refractivity contribution in [3.63, 3.8) is 0 Å². The monoisotopic (exact) mass is 448 g/mol. The highest BCUT2D eigenvalue weighted by molar-refractivity contribution is 5.60. The molecule has 1 saturated heterocycles. The second kappa shape index (κ2) is 11.7. The van der Waals surface area contributed by atoms with Crippen LogP contribution in [0.4, 0.5) is 4.39 Å². The summed E-state index contributed by atoms with van der Waals surface area (Å²) in [6, 6.07) is 7.47. The summed E-state index contributed by atoms with van der Waals surface area (Å²) in [4.78, 5) is 26.8. The Hall–Kier alpha value is -2.78. The molecule has 32 heavy (non-hydrogen) atoms. The number of hydrogen-bond acceptors (Lipinski definition) is 5. The lowest BCUT2D eigenvalue weighted by Gasteiger charge is -2.51. The molecule has 0 saturated carbocycles. The van der Waals surface area contributed by atoms with Gasteiger partial charge < -0.3 is 19.7 Å². The first-order valence-corrected chi connectivity index (χ1v) is 10.8. The summed E-state index contributed by atoms with van der Waals surface area (Å²) >= 11 is 0. The Balaban J connectivity index is 0.000000547. The van der Waals surface area contributed by atoms with E-state index in [9.17, 15) is 4.39 Å². The van der Waals surface area contributed by atoms with Crippen molar-refractivity contribution >= 4 is 12.9 Å². The first-order chi connectivity index (χ1) is 15.4. The molecule has 8 nitrogen and oxygen atoms in total. The molecule has 176 valence electrons. The number of likely N-dealkylation sites (N-methyl/N-ethyl adjacent to an activating group) is 1. The number of benzene rings is 1. The molecule has 0 aliphatic carbocycles. The van der Waals surface area contributed by atoms with E-state index in [-0.39, 0.29) is 24.3 Å². The summed E-state index contributed by atoms with van der Waals surface area (Å²) in [6.45, 7) is 11.5. The van der Waals surface area contributed by atoms with Crippen molar-refractivity contribution in [2.45, 2.75) is 51.7 Å². The third kappa shape index (κ3) is 5.34. The van der Waals surface area contributed by atoms with Crippen LogP contribution in [0.25, 0.3) is 11.3 Å². The highest BCUT2D eigenvalue weighted by Gasteiger charge is 2.46. The number of fused-ring (bicyclic) bond motifs is 2. The fourth-order valence-electron chi connectivity index (χ4n) is 4.84. The number of halogens is 1. The molecule has 0 atom stereocenters. The molecule has 3 heterocycles. The minimum atomic E-state index is -0.250. The Morgan fingerprint density at radius 1 is 1.12 bits per heavy atom. The van der Waals surface area contributed by atoms with Gasteiger partial charge in [0.25, 0.3) is 12.9 Å². The topological polar surface area (TPSA) is 98.9 Å². The number of rotatable bonds is 3. The normalized spacial score (nSPS) is 17.5. The van der Waals surface area contributed by atoms with E-state index in [1.54, 1.807) is 12.1 Å². The Labute approximate surface area is 188 Å². The van der Waals surface area contributed by atoms with E-state index in [1.807, 2.05) is 12.3 Å². The molecule has 1 fully saturated rings. The van der Waals surface area contributed by atoms with Gasteiger partial charge in [-0.2, -0.15) is 0 Å².